The van der Waals surface area contributed by atoms with Gasteiger partial charge in [-0.05, 0) is 56.5 Å². The Kier molecular flexibility index (Phi) is 9.63. The molecule has 13 heteroatoms. The standard InChI is InChI=1S/C32H31ClF4N6O2.CH4/c1-7-24(44)41-14-19(6)42(15-18(41)5)29-21-13-22(33)27(20-9-8-10-23(34)25(20)32(35,36)37)39-30(21)43(31(45)40-29)28-17(4)11-12-38-26(28)16(2)3;/h7-13,16,18-19H,1,14-15H2,2-6H3;1H4/t18-,19+;/m1./s1. The van der Waals surface area contributed by atoms with E-state index in [-0.39, 0.29) is 65.4 Å². The van der Waals surface area contributed by atoms with Crippen LogP contribution in [0.5, 0.6) is 0 Å². The lowest BCUT2D eigenvalue weighted by atomic mass is 10.0. The smallest absolute Gasteiger partial charge is 0.349 e. The molecule has 0 N–H and O–H groups in total. The van der Waals surface area contributed by atoms with Crippen LogP contribution in [0, 0.1) is 12.7 Å². The molecule has 244 valence electrons. The second kappa shape index (κ2) is 12.8. The van der Waals surface area contributed by atoms with Crippen LogP contribution < -0.4 is 10.6 Å². The van der Waals surface area contributed by atoms with Crippen molar-refractivity contribution >= 4 is 34.4 Å². The quantitative estimate of drug-likeness (QED) is 0.165. The summed E-state index contributed by atoms with van der Waals surface area (Å²) in [6.45, 7) is 13.4. The van der Waals surface area contributed by atoms with Gasteiger partial charge in [0.2, 0.25) is 5.91 Å². The van der Waals surface area contributed by atoms with Crippen molar-refractivity contribution in [2.75, 3.05) is 18.0 Å². The molecule has 5 rings (SSSR count). The molecule has 0 spiro atoms. The van der Waals surface area contributed by atoms with Crippen molar-refractivity contribution in [1.29, 1.82) is 0 Å². The minimum Gasteiger partial charge on any atom is -0.349 e. The number of pyridine rings is 2. The van der Waals surface area contributed by atoms with E-state index in [2.05, 4.69) is 21.5 Å². The lowest BCUT2D eigenvalue weighted by Gasteiger charge is -2.44. The van der Waals surface area contributed by atoms with E-state index in [1.165, 1.54) is 16.7 Å². The molecule has 0 bridgehead atoms. The number of hydrogen-bond acceptors (Lipinski definition) is 6. The fraction of sp³-hybridized carbons (Fsp3) is 0.364. The highest BCUT2D eigenvalue weighted by atomic mass is 35.5. The first-order valence-electron chi connectivity index (χ1n) is 14.3. The van der Waals surface area contributed by atoms with Gasteiger partial charge in [0.05, 0.1) is 27.5 Å². The third kappa shape index (κ3) is 5.97. The van der Waals surface area contributed by atoms with Crippen molar-refractivity contribution in [1.82, 2.24) is 24.4 Å². The summed E-state index contributed by atoms with van der Waals surface area (Å²) < 4.78 is 58.3. The maximum atomic E-state index is 14.7. The SMILES string of the molecule is C.C=CC(=O)N1C[C@H](C)N(c2nc(=O)n(-c3c(C)ccnc3C(C)C)c3nc(-c4cccc(F)c4C(F)(F)F)c(Cl)cc23)C[C@H]1C. The first kappa shape index (κ1) is 34.6. The van der Waals surface area contributed by atoms with Gasteiger partial charge in [0.1, 0.15) is 17.2 Å². The highest BCUT2D eigenvalue weighted by Crippen LogP contribution is 2.42. The third-order valence-corrected chi connectivity index (χ3v) is 8.28. The van der Waals surface area contributed by atoms with Gasteiger partial charge in [0.15, 0.2) is 5.65 Å². The van der Waals surface area contributed by atoms with Crippen LogP contribution in [0.1, 0.15) is 57.9 Å². The Morgan fingerprint density at radius 2 is 1.83 bits per heavy atom. The number of anilines is 1. The Morgan fingerprint density at radius 1 is 1.13 bits per heavy atom. The minimum absolute atomic E-state index is 0. The summed E-state index contributed by atoms with van der Waals surface area (Å²) in [6, 6.07) is 5.45. The van der Waals surface area contributed by atoms with Crippen LogP contribution in [0.25, 0.3) is 28.0 Å². The van der Waals surface area contributed by atoms with E-state index in [1.807, 2.05) is 32.6 Å². The number of halogens is 5. The molecular formula is C33H35ClF4N6O2. The second-order valence-corrected chi connectivity index (χ2v) is 11.9. The van der Waals surface area contributed by atoms with E-state index in [0.717, 1.165) is 12.1 Å². The van der Waals surface area contributed by atoms with E-state index in [9.17, 15) is 27.2 Å². The number of aryl methyl sites for hydroxylation is 1. The molecule has 2 atom stereocenters. The fourth-order valence-electron chi connectivity index (χ4n) is 5.86. The molecule has 0 aliphatic carbocycles. The molecule has 1 aliphatic rings. The van der Waals surface area contributed by atoms with Crippen LogP contribution in [0.2, 0.25) is 5.02 Å². The van der Waals surface area contributed by atoms with Crippen LogP contribution in [0.3, 0.4) is 0 Å². The first-order valence-corrected chi connectivity index (χ1v) is 14.7. The van der Waals surface area contributed by atoms with E-state index < -0.39 is 28.8 Å². The Bertz CT molecular complexity index is 1890. The van der Waals surface area contributed by atoms with E-state index in [4.69, 9.17) is 11.6 Å². The average molecular weight is 659 g/mol. The number of alkyl halides is 3. The maximum Gasteiger partial charge on any atom is 0.419 e. The van der Waals surface area contributed by atoms with E-state index in [1.54, 1.807) is 24.1 Å². The van der Waals surface area contributed by atoms with Crippen molar-refractivity contribution in [3.05, 3.63) is 87.3 Å². The van der Waals surface area contributed by atoms with Gasteiger partial charge in [0.25, 0.3) is 0 Å². The molecule has 3 aromatic heterocycles. The van der Waals surface area contributed by atoms with Crippen molar-refractivity contribution < 1.29 is 22.4 Å². The number of rotatable bonds is 5. The summed E-state index contributed by atoms with van der Waals surface area (Å²) in [7, 11) is 0. The number of piperazine rings is 1. The van der Waals surface area contributed by atoms with Gasteiger partial charge in [-0.3, -0.25) is 9.78 Å². The molecular weight excluding hydrogens is 624 g/mol. The zero-order chi connectivity index (χ0) is 33.0. The number of carbonyl (C=O) groups is 1. The highest BCUT2D eigenvalue weighted by Gasteiger charge is 2.39. The van der Waals surface area contributed by atoms with Crippen molar-refractivity contribution in [2.45, 2.75) is 66.2 Å². The molecule has 1 aliphatic heterocycles. The van der Waals surface area contributed by atoms with Gasteiger partial charge >= 0.3 is 11.9 Å². The molecule has 1 saturated heterocycles. The minimum atomic E-state index is -5.05. The van der Waals surface area contributed by atoms with Crippen LogP contribution in [0.4, 0.5) is 23.4 Å². The normalized spacial score (nSPS) is 16.9. The summed E-state index contributed by atoms with van der Waals surface area (Å²) >= 11 is 6.66. The number of amides is 1. The molecule has 0 radical (unpaired) electrons. The lowest BCUT2D eigenvalue weighted by molar-refractivity contribution is -0.139. The summed E-state index contributed by atoms with van der Waals surface area (Å²) in [5.74, 6) is -1.66. The molecule has 8 nitrogen and oxygen atoms in total. The Balaban J connectivity index is 0.00000480. The fourth-order valence-corrected chi connectivity index (χ4v) is 6.11. The zero-order valence-corrected chi connectivity index (χ0v) is 26.0. The number of hydrogen-bond donors (Lipinski definition) is 0. The predicted molar refractivity (Wildman–Crippen MR) is 172 cm³/mol. The number of aromatic nitrogens is 4. The molecule has 0 saturated carbocycles. The third-order valence-electron chi connectivity index (χ3n) is 7.99. The summed E-state index contributed by atoms with van der Waals surface area (Å²) in [5, 5.41) is 0.0915. The van der Waals surface area contributed by atoms with Gasteiger partial charge in [0, 0.05) is 36.9 Å². The van der Waals surface area contributed by atoms with Crippen molar-refractivity contribution in [2.24, 2.45) is 0 Å². The first-order chi connectivity index (χ1) is 21.1. The van der Waals surface area contributed by atoms with Crippen molar-refractivity contribution in [3.8, 4) is 16.9 Å². The maximum absolute atomic E-state index is 14.7. The predicted octanol–water partition coefficient (Wildman–Crippen LogP) is 7.33. The van der Waals surface area contributed by atoms with Gasteiger partial charge < -0.3 is 9.80 Å². The largest absolute Gasteiger partial charge is 0.419 e. The molecule has 0 unspecified atom stereocenters. The number of fused-ring (bicyclic) bond motifs is 1. The van der Waals surface area contributed by atoms with Gasteiger partial charge in [-0.2, -0.15) is 18.2 Å². The van der Waals surface area contributed by atoms with Gasteiger partial charge in [-0.1, -0.05) is 51.6 Å². The molecule has 46 heavy (non-hydrogen) atoms. The molecule has 1 amide bonds. The van der Waals surface area contributed by atoms with Crippen LogP contribution in [-0.4, -0.2) is 55.5 Å². The van der Waals surface area contributed by atoms with Crippen molar-refractivity contribution in [3.63, 3.8) is 0 Å². The van der Waals surface area contributed by atoms with Crippen LogP contribution in [0.15, 0.2) is 54.0 Å². The van der Waals surface area contributed by atoms with E-state index >= 15 is 0 Å². The topological polar surface area (TPSA) is 84.2 Å². The van der Waals surface area contributed by atoms with Gasteiger partial charge in [-0.15, -0.1) is 0 Å². The lowest BCUT2D eigenvalue weighted by Crippen LogP contribution is -2.58. The molecule has 4 aromatic rings. The zero-order valence-electron chi connectivity index (χ0n) is 25.3. The Morgan fingerprint density at radius 3 is 2.46 bits per heavy atom. The second-order valence-electron chi connectivity index (χ2n) is 11.5. The summed E-state index contributed by atoms with van der Waals surface area (Å²) in [6.07, 6.45) is -2.21. The summed E-state index contributed by atoms with van der Waals surface area (Å²) in [4.78, 5) is 43.6. The Hall–Kier alpha value is -4.32. The van der Waals surface area contributed by atoms with E-state index in [0.29, 0.717) is 29.6 Å². The Labute approximate surface area is 269 Å². The molecule has 4 heterocycles. The van der Waals surface area contributed by atoms with Crippen LogP contribution in [-0.2, 0) is 11.0 Å². The molecule has 1 fully saturated rings. The monoisotopic (exact) mass is 658 g/mol. The number of nitrogens with zero attached hydrogens (tertiary/aromatic N) is 6. The summed E-state index contributed by atoms with van der Waals surface area (Å²) in [5.41, 5.74) is -1.61. The average Bonchev–Trinajstić information content (AvgIpc) is 2.96. The number of carbonyl (C=O) groups excluding carboxylic acids is 1. The highest BCUT2D eigenvalue weighted by molar-refractivity contribution is 6.34. The molecule has 1 aromatic carbocycles. The van der Waals surface area contributed by atoms with Crippen LogP contribution >= 0.6 is 11.6 Å². The number of benzene rings is 1. The van der Waals surface area contributed by atoms with Gasteiger partial charge in [-0.25, -0.2) is 18.7 Å².